The van der Waals surface area contributed by atoms with Gasteiger partial charge in [-0.15, -0.1) is 0 Å². The number of rotatable bonds is 4. The van der Waals surface area contributed by atoms with Crippen molar-refractivity contribution in [3.63, 3.8) is 0 Å². The molecule has 0 spiro atoms. The standard InChI is InChI=1S/C23H24N4O2/c28-21(15-20-17-8-2-1-7-16(17)11-14-29-20)26-22-23(27-12-5-6-13-27)25-19-10-4-3-9-18(19)24-22/h1-4,7-10,20H,5-6,11-15H2,(H,24,26,28). The minimum Gasteiger partial charge on any atom is -0.373 e. The maximum atomic E-state index is 12.9. The SMILES string of the molecule is O=C(CC1OCCc2ccccc21)Nc1nc2ccccc2nc1N1CCCC1. The second-order valence-electron chi connectivity index (χ2n) is 7.64. The van der Waals surface area contributed by atoms with Gasteiger partial charge in [-0.05, 0) is 42.5 Å². The summed E-state index contributed by atoms with van der Waals surface area (Å²) in [6, 6.07) is 16.0. The van der Waals surface area contributed by atoms with Crippen molar-refractivity contribution in [1.82, 2.24) is 9.97 Å². The zero-order chi connectivity index (χ0) is 19.6. The van der Waals surface area contributed by atoms with Crippen LogP contribution in [0.1, 0.15) is 36.5 Å². The summed E-state index contributed by atoms with van der Waals surface area (Å²) in [5, 5.41) is 3.02. The lowest BCUT2D eigenvalue weighted by atomic mass is 9.95. The Labute approximate surface area is 169 Å². The third-order valence-electron chi connectivity index (χ3n) is 5.68. The van der Waals surface area contributed by atoms with E-state index in [0.717, 1.165) is 54.8 Å². The lowest BCUT2D eigenvalue weighted by Crippen LogP contribution is -2.25. The summed E-state index contributed by atoms with van der Waals surface area (Å²) in [6.45, 7) is 2.52. The van der Waals surface area contributed by atoms with Gasteiger partial charge in [-0.3, -0.25) is 4.79 Å². The highest BCUT2D eigenvalue weighted by atomic mass is 16.5. The number of aromatic nitrogens is 2. The van der Waals surface area contributed by atoms with Crippen LogP contribution in [0.25, 0.3) is 11.0 Å². The molecule has 6 nitrogen and oxygen atoms in total. The van der Waals surface area contributed by atoms with Crippen LogP contribution in [0.3, 0.4) is 0 Å². The summed E-state index contributed by atoms with van der Waals surface area (Å²) in [5.41, 5.74) is 4.00. The van der Waals surface area contributed by atoms with Crippen LogP contribution >= 0.6 is 0 Å². The molecule has 1 unspecified atom stereocenters. The van der Waals surface area contributed by atoms with Gasteiger partial charge < -0.3 is 15.0 Å². The van der Waals surface area contributed by atoms with Crippen molar-refractivity contribution in [2.45, 2.75) is 31.8 Å². The summed E-state index contributed by atoms with van der Waals surface area (Å²) in [6.07, 6.45) is 3.21. The molecule has 3 heterocycles. The van der Waals surface area contributed by atoms with Gasteiger partial charge in [-0.2, -0.15) is 0 Å². The first-order valence-corrected chi connectivity index (χ1v) is 10.3. The predicted molar refractivity (Wildman–Crippen MR) is 113 cm³/mol. The molecule has 5 rings (SSSR count). The fourth-order valence-electron chi connectivity index (χ4n) is 4.22. The van der Waals surface area contributed by atoms with Crippen LogP contribution in [0.4, 0.5) is 11.6 Å². The molecule has 1 atom stereocenters. The molecule has 6 heteroatoms. The van der Waals surface area contributed by atoms with E-state index < -0.39 is 0 Å². The number of ether oxygens (including phenoxy) is 1. The van der Waals surface area contributed by atoms with Gasteiger partial charge in [0.1, 0.15) is 0 Å². The molecule has 0 aliphatic carbocycles. The van der Waals surface area contributed by atoms with E-state index in [0.29, 0.717) is 12.4 Å². The van der Waals surface area contributed by atoms with Crippen LogP contribution in [0.5, 0.6) is 0 Å². The van der Waals surface area contributed by atoms with Gasteiger partial charge in [0.2, 0.25) is 5.91 Å². The van der Waals surface area contributed by atoms with Crippen molar-refractivity contribution in [1.29, 1.82) is 0 Å². The van der Waals surface area contributed by atoms with E-state index in [9.17, 15) is 4.79 Å². The van der Waals surface area contributed by atoms with E-state index in [-0.39, 0.29) is 18.4 Å². The van der Waals surface area contributed by atoms with E-state index in [1.807, 2.05) is 36.4 Å². The van der Waals surface area contributed by atoms with Crippen LogP contribution in [0.2, 0.25) is 0 Å². The summed E-state index contributed by atoms with van der Waals surface area (Å²) >= 11 is 0. The molecule has 1 aromatic heterocycles. The zero-order valence-corrected chi connectivity index (χ0v) is 16.3. The topological polar surface area (TPSA) is 67.3 Å². The van der Waals surface area contributed by atoms with Crippen molar-refractivity contribution < 1.29 is 9.53 Å². The highest BCUT2D eigenvalue weighted by Gasteiger charge is 2.25. The Morgan fingerprint density at radius 1 is 1.03 bits per heavy atom. The molecule has 1 saturated heterocycles. The van der Waals surface area contributed by atoms with E-state index in [4.69, 9.17) is 14.7 Å². The maximum absolute atomic E-state index is 12.9. The highest BCUT2D eigenvalue weighted by molar-refractivity contribution is 5.94. The van der Waals surface area contributed by atoms with Crippen molar-refractivity contribution in [2.24, 2.45) is 0 Å². The lowest BCUT2D eigenvalue weighted by Gasteiger charge is -2.26. The number of nitrogens with one attached hydrogen (secondary N) is 1. The Morgan fingerprint density at radius 3 is 2.59 bits per heavy atom. The number of nitrogens with zero attached hydrogens (tertiary/aromatic N) is 3. The largest absolute Gasteiger partial charge is 0.373 e. The van der Waals surface area contributed by atoms with Gasteiger partial charge in [-0.25, -0.2) is 9.97 Å². The molecule has 0 radical (unpaired) electrons. The summed E-state index contributed by atoms with van der Waals surface area (Å²) in [5.74, 6) is 1.20. The molecular formula is C23H24N4O2. The number of benzene rings is 2. The van der Waals surface area contributed by atoms with E-state index in [1.54, 1.807) is 0 Å². The molecule has 1 amide bonds. The molecule has 2 aliphatic heterocycles. The number of carbonyl (C=O) groups excluding carboxylic acids is 1. The number of fused-ring (bicyclic) bond motifs is 2. The molecule has 29 heavy (non-hydrogen) atoms. The Bertz CT molecular complexity index is 1050. The summed E-state index contributed by atoms with van der Waals surface area (Å²) in [7, 11) is 0. The van der Waals surface area contributed by atoms with Crippen molar-refractivity contribution in [3.8, 4) is 0 Å². The molecular weight excluding hydrogens is 364 g/mol. The normalized spacial score (nSPS) is 18.6. The van der Waals surface area contributed by atoms with Gasteiger partial charge in [0.25, 0.3) is 0 Å². The Morgan fingerprint density at radius 2 is 1.76 bits per heavy atom. The van der Waals surface area contributed by atoms with Gasteiger partial charge in [0.05, 0.1) is 30.2 Å². The van der Waals surface area contributed by atoms with Crippen molar-refractivity contribution in [3.05, 3.63) is 59.7 Å². The summed E-state index contributed by atoms with van der Waals surface area (Å²) < 4.78 is 5.91. The first kappa shape index (κ1) is 18.1. The highest BCUT2D eigenvalue weighted by Crippen LogP contribution is 2.31. The monoisotopic (exact) mass is 388 g/mol. The molecule has 3 aromatic rings. The van der Waals surface area contributed by atoms with Crippen LogP contribution < -0.4 is 10.2 Å². The quantitative estimate of drug-likeness (QED) is 0.735. The molecule has 0 saturated carbocycles. The number of para-hydroxylation sites is 2. The number of hydrogen-bond donors (Lipinski definition) is 1. The van der Waals surface area contributed by atoms with Gasteiger partial charge in [-0.1, -0.05) is 36.4 Å². The molecule has 2 aromatic carbocycles. The van der Waals surface area contributed by atoms with Crippen molar-refractivity contribution >= 4 is 28.6 Å². The number of hydrogen-bond acceptors (Lipinski definition) is 5. The van der Waals surface area contributed by atoms with Crippen LogP contribution in [0, 0.1) is 0 Å². The average molecular weight is 388 g/mol. The number of carbonyl (C=O) groups is 1. The number of amides is 1. The minimum atomic E-state index is -0.219. The zero-order valence-electron chi connectivity index (χ0n) is 16.3. The molecule has 0 bridgehead atoms. The molecule has 1 N–H and O–H groups in total. The third-order valence-corrected chi connectivity index (χ3v) is 5.68. The fraction of sp³-hybridized carbons (Fsp3) is 0.348. The maximum Gasteiger partial charge on any atom is 0.228 e. The number of anilines is 2. The van der Waals surface area contributed by atoms with Gasteiger partial charge >= 0.3 is 0 Å². The van der Waals surface area contributed by atoms with Gasteiger partial charge in [0, 0.05) is 13.1 Å². The molecule has 2 aliphatic rings. The van der Waals surface area contributed by atoms with Crippen LogP contribution in [0.15, 0.2) is 48.5 Å². The van der Waals surface area contributed by atoms with E-state index in [1.165, 1.54) is 5.56 Å². The Kier molecular flexibility index (Phi) is 4.86. The Hall–Kier alpha value is -2.99. The van der Waals surface area contributed by atoms with Gasteiger partial charge in [0.15, 0.2) is 11.6 Å². The van der Waals surface area contributed by atoms with E-state index in [2.05, 4.69) is 22.3 Å². The van der Waals surface area contributed by atoms with Crippen molar-refractivity contribution in [2.75, 3.05) is 29.9 Å². The second-order valence-corrected chi connectivity index (χ2v) is 7.64. The fourth-order valence-corrected chi connectivity index (χ4v) is 4.22. The van der Waals surface area contributed by atoms with E-state index >= 15 is 0 Å². The van der Waals surface area contributed by atoms with Crippen LogP contribution in [-0.2, 0) is 16.0 Å². The molecule has 148 valence electrons. The second kappa shape index (κ2) is 7.79. The Balaban J connectivity index is 1.41. The minimum absolute atomic E-state index is 0.100. The average Bonchev–Trinajstić information content (AvgIpc) is 3.28. The van der Waals surface area contributed by atoms with Crippen LogP contribution in [-0.4, -0.2) is 35.6 Å². The predicted octanol–water partition coefficient (Wildman–Crippen LogP) is 3.87. The smallest absolute Gasteiger partial charge is 0.228 e. The third kappa shape index (κ3) is 3.68. The lowest BCUT2D eigenvalue weighted by molar-refractivity contribution is -0.119. The summed E-state index contributed by atoms with van der Waals surface area (Å²) in [4.78, 5) is 24.7. The molecule has 1 fully saturated rings. The first-order valence-electron chi connectivity index (χ1n) is 10.3. The first-order chi connectivity index (χ1) is 14.3.